The van der Waals surface area contributed by atoms with E-state index in [9.17, 15) is 14.7 Å². The molecule has 0 fully saturated rings. The Hall–Kier alpha value is -1.69. The van der Waals surface area contributed by atoms with Gasteiger partial charge in [-0.05, 0) is 30.3 Å². The highest BCUT2D eigenvalue weighted by atomic mass is 79.9. The maximum absolute atomic E-state index is 12.4. The lowest BCUT2D eigenvalue weighted by Crippen LogP contribution is -2.36. The van der Waals surface area contributed by atoms with Gasteiger partial charge in [0.05, 0.1) is 6.42 Å². The van der Waals surface area contributed by atoms with Gasteiger partial charge < -0.3 is 10.4 Å². The molecule has 0 unspecified atom stereocenters. The molecule has 3 rings (SSSR count). The van der Waals surface area contributed by atoms with E-state index >= 15 is 0 Å². The van der Waals surface area contributed by atoms with Crippen molar-refractivity contribution in [3.63, 3.8) is 0 Å². The number of benzene rings is 2. The topological polar surface area (TPSA) is 66.4 Å². The molecule has 0 radical (unpaired) electrons. The van der Waals surface area contributed by atoms with Crippen molar-refractivity contribution in [3.8, 4) is 0 Å². The second kappa shape index (κ2) is 5.50. The van der Waals surface area contributed by atoms with Crippen LogP contribution in [0.1, 0.15) is 22.3 Å². The molecular weight excluding hydrogens is 370 g/mol. The van der Waals surface area contributed by atoms with Gasteiger partial charge in [-0.2, -0.15) is 0 Å². The van der Waals surface area contributed by atoms with Crippen molar-refractivity contribution in [2.45, 2.75) is 12.0 Å². The van der Waals surface area contributed by atoms with Crippen molar-refractivity contribution in [2.24, 2.45) is 0 Å². The average molecular weight is 381 g/mol. The zero-order valence-corrected chi connectivity index (χ0v) is 13.6. The van der Waals surface area contributed by atoms with E-state index in [2.05, 4.69) is 21.2 Å². The first-order valence-corrected chi connectivity index (χ1v) is 7.70. The number of hydrogen-bond donors (Lipinski definition) is 2. The standard InChI is InChI=1S/C16H11BrClNO3/c17-10-3-1-2-9(6-10)14(20)8-16(22)12-7-11(18)4-5-13(12)19-15(16)21/h1-7,22H,8H2,(H,19,21)/t16-/m1/s1. The molecule has 2 aromatic rings. The summed E-state index contributed by atoms with van der Waals surface area (Å²) >= 11 is 9.22. The normalized spacial score (nSPS) is 19.7. The number of fused-ring (bicyclic) bond motifs is 1. The van der Waals surface area contributed by atoms with Crippen LogP contribution in [0.4, 0.5) is 5.69 Å². The summed E-state index contributed by atoms with van der Waals surface area (Å²) in [6, 6.07) is 11.5. The smallest absolute Gasteiger partial charge is 0.261 e. The minimum absolute atomic E-state index is 0.327. The largest absolute Gasteiger partial charge is 0.375 e. The lowest BCUT2D eigenvalue weighted by molar-refractivity contribution is -0.133. The fourth-order valence-electron chi connectivity index (χ4n) is 2.49. The predicted molar refractivity (Wildman–Crippen MR) is 87.1 cm³/mol. The predicted octanol–water partition coefficient (Wildman–Crippen LogP) is 3.52. The summed E-state index contributed by atoms with van der Waals surface area (Å²) in [5, 5.41) is 13.7. The van der Waals surface area contributed by atoms with Crippen LogP contribution >= 0.6 is 27.5 Å². The summed E-state index contributed by atoms with van der Waals surface area (Å²) < 4.78 is 0.754. The molecular formula is C16H11BrClNO3. The second-order valence-corrected chi connectivity index (χ2v) is 6.47. The fourth-order valence-corrected chi connectivity index (χ4v) is 3.06. The lowest BCUT2D eigenvalue weighted by Gasteiger charge is -2.20. The van der Waals surface area contributed by atoms with Crippen molar-refractivity contribution in [3.05, 3.63) is 63.1 Å². The summed E-state index contributed by atoms with van der Waals surface area (Å²) in [5.74, 6) is -0.945. The van der Waals surface area contributed by atoms with Gasteiger partial charge in [0, 0.05) is 26.3 Å². The molecule has 0 saturated carbocycles. The first-order chi connectivity index (χ1) is 10.4. The van der Waals surface area contributed by atoms with E-state index in [1.54, 1.807) is 36.4 Å². The number of aliphatic hydroxyl groups is 1. The highest BCUT2D eigenvalue weighted by molar-refractivity contribution is 9.10. The highest BCUT2D eigenvalue weighted by Gasteiger charge is 2.46. The summed E-state index contributed by atoms with van der Waals surface area (Å²) in [7, 11) is 0. The molecule has 1 amide bonds. The lowest BCUT2D eigenvalue weighted by atomic mass is 9.88. The fraction of sp³-hybridized carbons (Fsp3) is 0.125. The van der Waals surface area contributed by atoms with E-state index < -0.39 is 11.5 Å². The Labute approximate surface area is 140 Å². The van der Waals surface area contributed by atoms with E-state index in [4.69, 9.17) is 11.6 Å². The van der Waals surface area contributed by atoms with Crippen molar-refractivity contribution in [1.82, 2.24) is 0 Å². The van der Waals surface area contributed by atoms with E-state index in [0.29, 0.717) is 21.8 Å². The van der Waals surface area contributed by atoms with Crippen LogP contribution < -0.4 is 5.32 Å². The Morgan fingerprint density at radius 2 is 2.05 bits per heavy atom. The number of Topliss-reactive ketones (excluding diaryl/α,β-unsaturated/α-hetero) is 1. The van der Waals surface area contributed by atoms with Gasteiger partial charge >= 0.3 is 0 Å². The Morgan fingerprint density at radius 1 is 1.27 bits per heavy atom. The van der Waals surface area contributed by atoms with Crippen molar-refractivity contribution < 1.29 is 14.7 Å². The molecule has 6 heteroatoms. The third-order valence-corrected chi connectivity index (χ3v) is 4.34. The van der Waals surface area contributed by atoms with Gasteiger partial charge in [0.15, 0.2) is 11.4 Å². The quantitative estimate of drug-likeness (QED) is 0.801. The molecule has 1 aliphatic heterocycles. The number of halogens is 2. The SMILES string of the molecule is O=C(C[C@]1(O)C(=O)Nc2ccc(Cl)cc21)c1cccc(Br)c1. The van der Waals surface area contributed by atoms with Crippen molar-refractivity contribution in [1.29, 1.82) is 0 Å². The molecule has 0 spiro atoms. The maximum Gasteiger partial charge on any atom is 0.261 e. The Balaban J connectivity index is 1.96. The third kappa shape index (κ3) is 2.56. The van der Waals surface area contributed by atoms with Crippen LogP contribution in [0.5, 0.6) is 0 Å². The van der Waals surface area contributed by atoms with Crippen LogP contribution in [-0.4, -0.2) is 16.8 Å². The summed E-state index contributed by atoms with van der Waals surface area (Å²) in [6.07, 6.45) is -0.345. The van der Waals surface area contributed by atoms with E-state index in [-0.39, 0.29) is 12.2 Å². The molecule has 2 N–H and O–H groups in total. The summed E-state index contributed by atoms with van der Waals surface area (Å²) in [5.41, 5.74) is -0.682. The Bertz CT molecular complexity index is 793. The number of rotatable bonds is 3. The van der Waals surface area contributed by atoms with Crippen LogP contribution in [-0.2, 0) is 10.4 Å². The Morgan fingerprint density at radius 3 is 2.77 bits per heavy atom. The monoisotopic (exact) mass is 379 g/mol. The van der Waals surface area contributed by atoms with Crippen LogP contribution in [0.2, 0.25) is 5.02 Å². The van der Waals surface area contributed by atoms with Crippen LogP contribution in [0, 0.1) is 0 Å². The second-order valence-electron chi connectivity index (χ2n) is 5.11. The molecule has 1 heterocycles. The van der Waals surface area contributed by atoms with E-state index in [1.807, 2.05) is 0 Å². The number of carbonyl (C=O) groups excluding carboxylic acids is 2. The Kier molecular flexibility index (Phi) is 3.80. The van der Waals surface area contributed by atoms with Gasteiger partial charge in [-0.1, -0.05) is 39.7 Å². The van der Waals surface area contributed by atoms with Gasteiger partial charge in [-0.15, -0.1) is 0 Å². The number of ketones is 1. The molecule has 0 bridgehead atoms. The molecule has 1 aliphatic rings. The first kappa shape index (κ1) is 15.2. The maximum atomic E-state index is 12.4. The van der Waals surface area contributed by atoms with Crippen molar-refractivity contribution in [2.75, 3.05) is 5.32 Å². The van der Waals surface area contributed by atoms with Crippen LogP contribution in [0.25, 0.3) is 0 Å². The zero-order valence-electron chi connectivity index (χ0n) is 11.3. The number of carbonyl (C=O) groups is 2. The van der Waals surface area contributed by atoms with Gasteiger partial charge in [-0.3, -0.25) is 9.59 Å². The van der Waals surface area contributed by atoms with Crippen molar-refractivity contribution >= 4 is 44.9 Å². The van der Waals surface area contributed by atoms with Crippen LogP contribution in [0.15, 0.2) is 46.9 Å². The van der Waals surface area contributed by atoms with Gasteiger partial charge in [0.1, 0.15) is 0 Å². The summed E-state index contributed by atoms with van der Waals surface area (Å²) in [6.45, 7) is 0. The number of amides is 1. The molecule has 22 heavy (non-hydrogen) atoms. The van der Waals surface area contributed by atoms with E-state index in [1.165, 1.54) is 6.07 Å². The molecule has 0 aromatic heterocycles. The first-order valence-electron chi connectivity index (χ1n) is 6.53. The molecule has 4 nitrogen and oxygen atoms in total. The number of anilines is 1. The van der Waals surface area contributed by atoms with Crippen LogP contribution in [0.3, 0.4) is 0 Å². The van der Waals surface area contributed by atoms with Gasteiger partial charge in [-0.25, -0.2) is 0 Å². The molecule has 2 aromatic carbocycles. The molecule has 0 aliphatic carbocycles. The molecule has 0 saturated heterocycles. The summed E-state index contributed by atoms with van der Waals surface area (Å²) in [4.78, 5) is 24.5. The number of hydrogen-bond acceptors (Lipinski definition) is 3. The molecule has 1 atom stereocenters. The number of nitrogens with one attached hydrogen (secondary N) is 1. The minimum Gasteiger partial charge on any atom is -0.375 e. The van der Waals surface area contributed by atoms with Gasteiger partial charge in [0.2, 0.25) is 0 Å². The minimum atomic E-state index is -1.90. The highest BCUT2D eigenvalue weighted by Crippen LogP contribution is 2.40. The van der Waals surface area contributed by atoms with Gasteiger partial charge in [0.25, 0.3) is 5.91 Å². The third-order valence-electron chi connectivity index (χ3n) is 3.61. The zero-order chi connectivity index (χ0) is 15.9. The molecule has 112 valence electrons. The van der Waals surface area contributed by atoms with E-state index in [0.717, 1.165) is 4.47 Å². The average Bonchev–Trinajstić information content (AvgIpc) is 2.71.